The Kier molecular flexibility index (Phi) is 4.00. The standard InChI is InChI=1S/C19H15NO4/c1-12-6-7-15(8-13(12)2)18-11-16(19(21)24-18)9-14-4-3-5-17(10-14)20(22)23/h3-11H,1-2H3/b16-9-. The number of hydrogen-bond acceptors (Lipinski definition) is 4. The van der Waals surface area contributed by atoms with Gasteiger partial charge in [-0.05, 0) is 48.8 Å². The van der Waals surface area contributed by atoms with E-state index in [1.54, 1.807) is 24.3 Å². The Morgan fingerprint density at radius 2 is 1.88 bits per heavy atom. The predicted molar refractivity (Wildman–Crippen MR) is 91.1 cm³/mol. The van der Waals surface area contributed by atoms with Crippen LogP contribution in [0.25, 0.3) is 11.8 Å². The Balaban J connectivity index is 1.95. The van der Waals surface area contributed by atoms with Crippen LogP contribution in [0.3, 0.4) is 0 Å². The average Bonchev–Trinajstić information content (AvgIpc) is 2.91. The van der Waals surface area contributed by atoms with Crippen molar-refractivity contribution in [1.29, 1.82) is 0 Å². The number of nitro benzene ring substituents is 1. The van der Waals surface area contributed by atoms with Gasteiger partial charge in [-0.1, -0.05) is 24.3 Å². The first kappa shape index (κ1) is 15.7. The molecule has 0 N–H and O–H groups in total. The summed E-state index contributed by atoms with van der Waals surface area (Å²) in [7, 11) is 0. The SMILES string of the molecule is Cc1ccc(C2=C/C(=C/c3cccc([N+](=O)[O-])c3)C(=O)O2)cc1C. The van der Waals surface area contributed by atoms with Crippen molar-refractivity contribution in [3.05, 3.63) is 86.5 Å². The molecule has 120 valence electrons. The van der Waals surface area contributed by atoms with Crippen molar-refractivity contribution in [2.24, 2.45) is 0 Å². The second kappa shape index (κ2) is 6.12. The van der Waals surface area contributed by atoms with Gasteiger partial charge in [0.25, 0.3) is 5.69 Å². The third-order valence-corrected chi connectivity index (χ3v) is 3.92. The largest absolute Gasteiger partial charge is 0.422 e. The van der Waals surface area contributed by atoms with Crippen LogP contribution in [0.15, 0.2) is 54.1 Å². The van der Waals surface area contributed by atoms with Crippen LogP contribution in [0.1, 0.15) is 22.3 Å². The maximum atomic E-state index is 12.1. The van der Waals surface area contributed by atoms with E-state index in [0.717, 1.165) is 16.7 Å². The summed E-state index contributed by atoms with van der Waals surface area (Å²) in [4.78, 5) is 22.4. The van der Waals surface area contributed by atoms with E-state index >= 15 is 0 Å². The molecule has 0 amide bonds. The van der Waals surface area contributed by atoms with E-state index < -0.39 is 10.9 Å². The van der Waals surface area contributed by atoms with Crippen LogP contribution in [0, 0.1) is 24.0 Å². The molecule has 0 aromatic heterocycles. The minimum Gasteiger partial charge on any atom is -0.422 e. The summed E-state index contributed by atoms with van der Waals surface area (Å²) in [5.41, 5.74) is 4.03. The molecule has 1 heterocycles. The fraction of sp³-hybridized carbons (Fsp3) is 0.105. The smallest absolute Gasteiger partial charge is 0.343 e. The van der Waals surface area contributed by atoms with Crippen LogP contribution in [0.5, 0.6) is 0 Å². The minimum atomic E-state index is -0.467. The number of carbonyl (C=O) groups excluding carboxylic acids is 1. The molecule has 0 aliphatic carbocycles. The van der Waals surface area contributed by atoms with Gasteiger partial charge in [-0.15, -0.1) is 0 Å². The number of carbonyl (C=O) groups is 1. The maximum absolute atomic E-state index is 12.1. The summed E-state index contributed by atoms with van der Waals surface area (Å²) in [6, 6.07) is 11.9. The van der Waals surface area contributed by atoms with Crippen molar-refractivity contribution >= 4 is 23.5 Å². The van der Waals surface area contributed by atoms with Crippen LogP contribution >= 0.6 is 0 Å². The number of esters is 1. The quantitative estimate of drug-likeness (QED) is 0.368. The Morgan fingerprint density at radius 3 is 2.58 bits per heavy atom. The first-order valence-electron chi connectivity index (χ1n) is 7.42. The van der Waals surface area contributed by atoms with Gasteiger partial charge in [0.05, 0.1) is 10.5 Å². The molecule has 0 fully saturated rings. The lowest BCUT2D eigenvalue weighted by molar-refractivity contribution is -0.384. The fourth-order valence-electron chi connectivity index (χ4n) is 2.43. The van der Waals surface area contributed by atoms with Gasteiger partial charge in [-0.3, -0.25) is 10.1 Å². The van der Waals surface area contributed by atoms with E-state index in [9.17, 15) is 14.9 Å². The van der Waals surface area contributed by atoms with Gasteiger partial charge >= 0.3 is 5.97 Å². The lowest BCUT2D eigenvalue weighted by Gasteiger charge is -2.05. The Bertz CT molecular complexity index is 909. The van der Waals surface area contributed by atoms with Gasteiger partial charge in [0, 0.05) is 17.7 Å². The van der Waals surface area contributed by atoms with Crippen LogP contribution in [0.2, 0.25) is 0 Å². The zero-order valence-corrected chi connectivity index (χ0v) is 13.3. The molecule has 0 radical (unpaired) electrons. The summed E-state index contributed by atoms with van der Waals surface area (Å²) in [5.74, 6) is 0.0227. The number of nitrogens with zero attached hydrogens (tertiary/aromatic N) is 1. The first-order chi connectivity index (χ1) is 11.4. The van der Waals surface area contributed by atoms with Gasteiger partial charge in [0.1, 0.15) is 5.76 Å². The second-order valence-electron chi connectivity index (χ2n) is 5.65. The molecule has 5 nitrogen and oxygen atoms in total. The highest BCUT2D eigenvalue weighted by atomic mass is 16.6. The molecule has 1 aliphatic heterocycles. The van der Waals surface area contributed by atoms with Gasteiger partial charge in [-0.25, -0.2) is 4.79 Å². The number of ether oxygens (including phenoxy) is 1. The van der Waals surface area contributed by atoms with Crippen molar-refractivity contribution in [2.45, 2.75) is 13.8 Å². The maximum Gasteiger partial charge on any atom is 0.343 e. The van der Waals surface area contributed by atoms with Crippen LogP contribution in [0.4, 0.5) is 5.69 Å². The Morgan fingerprint density at radius 1 is 1.08 bits per heavy atom. The monoisotopic (exact) mass is 321 g/mol. The van der Waals surface area contributed by atoms with Crippen molar-refractivity contribution in [3.63, 3.8) is 0 Å². The lowest BCUT2D eigenvalue weighted by Crippen LogP contribution is -1.97. The molecular weight excluding hydrogens is 306 g/mol. The highest BCUT2D eigenvalue weighted by Crippen LogP contribution is 2.29. The van der Waals surface area contributed by atoms with E-state index in [0.29, 0.717) is 16.9 Å². The third kappa shape index (κ3) is 3.10. The highest BCUT2D eigenvalue weighted by Gasteiger charge is 2.22. The molecule has 0 unspecified atom stereocenters. The summed E-state index contributed by atoms with van der Waals surface area (Å²) in [5, 5.41) is 10.8. The van der Waals surface area contributed by atoms with Crippen LogP contribution in [-0.2, 0) is 9.53 Å². The molecule has 0 saturated carbocycles. The Hall–Kier alpha value is -3.21. The molecule has 2 aromatic rings. The summed E-state index contributed by atoms with van der Waals surface area (Å²) in [6.45, 7) is 4.01. The van der Waals surface area contributed by atoms with E-state index in [1.807, 2.05) is 32.0 Å². The van der Waals surface area contributed by atoms with Gasteiger partial charge in [-0.2, -0.15) is 0 Å². The number of hydrogen-bond donors (Lipinski definition) is 0. The van der Waals surface area contributed by atoms with Crippen molar-refractivity contribution in [1.82, 2.24) is 0 Å². The molecule has 24 heavy (non-hydrogen) atoms. The van der Waals surface area contributed by atoms with Gasteiger partial charge < -0.3 is 4.74 Å². The number of benzene rings is 2. The molecule has 0 atom stereocenters. The minimum absolute atomic E-state index is 0.0194. The average molecular weight is 321 g/mol. The van der Waals surface area contributed by atoms with Crippen LogP contribution < -0.4 is 0 Å². The second-order valence-corrected chi connectivity index (χ2v) is 5.65. The normalized spacial score (nSPS) is 15.3. The lowest BCUT2D eigenvalue weighted by atomic mass is 10.0. The number of non-ortho nitro benzene ring substituents is 1. The molecule has 5 heteroatoms. The molecule has 0 bridgehead atoms. The van der Waals surface area contributed by atoms with E-state index in [-0.39, 0.29) is 5.69 Å². The topological polar surface area (TPSA) is 69.4 Å². The van der Waals surface area contributed by atoms with E-state index in [2.05, 4.69) is 0 Å². The Labute approximate surface area is 139 Å². The fourth-order valence-corrected chi connectivity index (χ4v) is 2.43. The van der Waals surface area contributed by atoms with E-state index in [1.165, 1.54) is 12.1 Å². The predicted octanol–water partition coefficient (Wildman–Crippen LogP) is 4.19. The van der Waals surface area contributed by atoms with Crippen molar-refractivity contribution < 1.29 is 14.5 Å². The summed E-state index contributed by atoms with van der Waals surface area (Å²) < 4.78 is 5.32. The zero-order chi connectivity index (χ0) is 17.3. The van der Waals surface area contributed by atoms with Gasteiger partial charge in [0.15, 0.2) is 0 Å². The number of aryl methyl sites for hydroxylation is 2. The van der Waals surface area contributed by atoms with E-state index in [4.69, 9.17) is 4.74 Å². The molecule has 2 aromatic carbocycles. The summed E-state index contributed by atoms with van der Waals surface area (Å²) >= 11 is 0. The van der Waals surface area contributed by atoms with Crippen molar-refractivity contribution in [2.75, 3.05) is 0 Å². The molecule has 0 spiro atoms. The number of cyclic esters (lactones) is 1. The molecule has 1 aliphatic rings. The van der Waals surface area contributed by atoms with Gasteiger partial charge in [0.2, 0.25) is 0 Å². The molecule has 0 saturated heterocycles. The third-order valence-electron chi connectivity index (χ3n) is 3.92. The summed E-state index contributed by atoms with van der Waals surface area (Å²) in [6.07, 6.45) is 3.24. The number of rotatable bonds is 3. The number of nitro groups is 1. The highest BCUT2D eigenvalue weighted by molar-refractivity contribution is 6.05. The zero-order valence-electron chi connectivity index (χ0n) is 13.3. The van der Waals surface area contributed by atoms with Crippen molar-refractivity contribution in [3.8, 4) is 0 Å². The van der Waals surface area contributed by atoms with Crippen LogP contribution in [-0.4, -0.2) is 10.9 Å². The molecular formula is C19H15NO4. The molecule has 3 rings (SSSR count). The first-order valence-corrected chi connectivity index (χ1v) is 7.42.